The van der Waals surface area contributed by atoms with Crippen LogP contribution in [0.1, 0.15) is 67.2 Å². The minimum absolute atomic E-state index is 0.103. The molecule has 0 radical (unpaired) electrons. The van der Waals surface area contributed by atoms with Crippen molar-refractivity contribution in [2.45, 2.75) is 64.3 Å². The van der Waals surface area contributed by atoms with Crippen molar-refractivity contribution in [1.82, 2.24) is 25.4 Å². The van der Waals surface area contributed by atoms with Gasteiger partial charge in [-0.15, -0.1) is 0 Å². The fourth-order valence-corrected chi connectivity index (χ4v) is 4.55. The average Bonchev–Trinajstić information content (AvgIpc) is 3.18. The topological polar surface area (TPSA) is 103 Å². The molecule has 10 heteroatoms. The summed E-state index contributed by atoms with van der Waals surface area (Å²) in [5, 5.41) is 13.1. The van der Waals surface area contributed by atoms with E-state index in [1.807, 2.05) is 6.07 Å². The maximum absolute atomic E-state index is 14.2. The number of aryl methyl sites for hydroxylation is 1. The minimum atomic E-state index is -2.98. The molecular formula is C23H30F2N6O2. The highest BCUT2D eigenvalue weighted by molar-refractivity contribution is 5.94. The predicted molar refractivity (Wildman–Crippen MR) is 120 cm³/mol. The molecule has 1 aliphatic heterocycles. The second-order valence-electron chi connectivity index (χ2n) is 9.39. The summed E-state index contributed by atoms with van der Waals surface area (Å²) in [6.45, 7) is 4.73. The number of piperidine rings is 1. The van der Waals surface area contributed by atoms with E-state index in [0.717, 1.165) is 29.4 Å². The highest BCUT2D eigenvalue weighted by Gasteiger charge is 2.42. The Labute approximate surface area is 191 Å². The number of rotatable bonds is 6. The number of pyridine rings is 1. The average molecular weight is 461 g/mol. The number of aromatic amines is 1. The Morgan fingerprint density at radius 3 is 2.73 bits per heavy atom. The summed E-state index contributed by atoms with van der Waals surface area (Å²) in [4.78, 5) is 30.2. The maximum Gasteiger partial charge on any atom is 0.273 e. The van der Waals surface area contributed by atoms with Gasteiger partial charge in [0.15, 0.2) is 5.82 Å². The first-order chi connectivity index (χ1) is 15.6. The van der Waals surface area contributed by atoms with Gasteiger partial charge in [0.1, 0.15) is 11.5 Å². The van der Waals surface area contributed by atoms with Gasteiger partial charge in [0.2, 0.25) is 5.91 Å². The molecule has 0 bridgehead atoms. The van der Waals surface area contributed by atoms with Gasteiger partial charge in [0, 0.05) is 43.6 Å². The van der Waals surface area contributed by atoms with Gasteiger partial charge in [-0.25, -0.2) is 13.8 Å². The molecule has 0 aromatic carbocycles. The number of nitrogens with zero attached hydrogens (tertiary/aromatic N) is 3. The molecule has 1 saturated carbocycles. The van der Waals surface area contributed by atoms with E-state index in [9.17, 15) is 18.4 Å². The molecule has 2 aromatic rings. The SMILES string of the molecule is CC(=O)NC[C@H]1CCC(F)(F)CN1C(=O)c1nc(Nc2cc(C3CC(C)C3)[nH]n2)ccc1C. The van der Waals surface area contributed by atoms with Crippen molar-refractivity contribution in [3.8, 4) is 0 Å². The van der Waals surface area contributed by atoms with Gasteiger partial charge in [-0.1, -0.05) is 13.0 Å². The number of hydrogen-bond donors (Lipinski definition) is 3. The number of amides is 2. The molecule has 2 aromatic heterocycles. The summed E-state index contributed by atoms with van der Waals surface area (Å²) in [6.07, 6.45) is 2.04. The first-order valence-corrected chi connectivity index (χ1v) is 11.3. The zero-order chi connectivity index (χ0) is 23.8. The second kappa shape index (κ2) is 9.07. The smallest absolute Gasteiger partial charge is 0.273 e. The van der Waals surface area contributed by atoms with Crippen molar-refractivity contribution in [3.05, 3.63) is 35.2 Å². The molecule has 2 fully saturated rings. The third-order valence-electron chi connectivity index (χ3n) is 6.50. The lowest BCUT2D eigenvalue weighted by atomic mass is 9.74. The molecule has 4 rings (SSSR count). The molecule has 0 spiro atoms. The zero-order valence-electron chi connectivity index (χ0n) is 19.1. The Hall–Kier alpha value is -3.04. The summed E-state index contributed by atoms with van der Waals surface area (Å²) in [5.41, 5.74) is 1.76. The van der Waals surface area contributed by atoms with Gasteiger partial charge in [-0.3, -0.25) is 14.7 Å². The largest absolute Gasteiger partial charge is 0.354 e. The monoisotopic (exact) mass is 460 g/mol. The quantitative estimate of drug-likeness (QED) is 0.609. The number of hydrogen-bond acceptors (Lipinski definition) is 5. The standard InChI is InChI=1S/C23H30F2N6O2/c1-13-8-16(9-13)18-10-20(30-29-18)27-19-5-4-14(2)21(28-19)22(33)31-12-23(24,25)7-6-17(31)11-26-15(3)32/h4-5,10,13,16-17H,6-9,11-12H2,1-3H3,(H,26,32)(H2,27,28,29,30)/t13?,16?,17-/m1/s1. The maximum atomic E-state index is 14.2. The van der Waals surface area contributed by atoms with Crippen molar-refractivity contribution in [2.75, 3.05) is 18.4 Å². The fourth-order valence-electron chi connectivity index (χ4n) is 4.55. The van der Waals surface area contributed by atoms with Crippen molar-refractivity contribution in [1.29, 1.82) is 0 Å². The number of nitrogens with one attached hydrogen (secondary N) is 3. The van der Waals surface area contributed by atoms with Crippen molar-refractivity contribution < 1.29 is 18.4 Å². The highest BCUT2D eigenvalue weighted by atomic mass is 19.3. The fraction of sp³-hybridized carbons (Fsp3) is 0.565. The van der Waals surface area contributed by atoms with Crippen LogP contribution in [-0.4, -0.2) is 56.9 Å². The lowest BCUT2D eigenvalue weighted by Crippen LogP contribution is -2.55. The van der Waals surface area contributed by atoms with E-state index in [4.69, 9.17) is 0 Å². The van der Waals surface area contributed by atoms with Crippen LogP contribution in [0.3, 0.4) is 0 Å². The van der Waals surface area contributed by atoms with Crippen molar-refractivity contribution in [2.24, 2.45) is 5.92 Å². The van der Waals surface area contributed by atoms with E-state index in [0.29, 0.717) is 23.1 Å². The molecular weight excluding hydrogens is 430 g/mol. The van der Waals surface area contributed by atoms with Crippen LogP contribution in [0, 0.1) is 12.8 Å². The van der Waals surface area contributed by atoms with Crippen LogP contribution in [-0.2, 0) is 4.79 Å². The number of carbonyl (C=O) groups excluding carboxylic acids is 2. The summed E-state index contributed by atoms with van der Waals surface area (Å²) in [5.74, 6) is -1.62. The van der Waals surface area contributed by atoms with E-state index in [1.165, 1.54) is 6.92 Å². The van der Waals surface area contributed by atoms with Gasteiger partial charge in [-0.2, -0.15) is 5.10 Å². The molecule has 2 aliphatic rings. The van der Waals surface area contributed by atoms with Crippen LogP contribution in [0.25, 0.3) is 0 Å². The number of aromatic nitrogens is 3. The van der Waals surface area contributed by atoms with Crippen molar-refractivity contribution >= 4 is 23.5 Å². The third kappa shape index (κ3) is 5.31. The van der Waals surface area contributed by atoms with Crippen LogP contribution in [0.15, 0.2) is 18.2 Å². The highest BCUT2D eigenvalue weighted by Crippen LogP contribution is 2.41. The summed E-state index contributed by atoms with van der Waals surface area (Å²) >= 11 is 0. The number of alkyl halides is 2. The van der Waals surface area contributed by atoms with Crippen molar-refractivity contribution in [3.63, 3.8) is 0 Å². The molecule has 2 amide bonds. The Bertz CT molecular complexity index is 1030. The molecule has 1 atom stereocenters. The van der Waals surface area contributed by atoms with Gasteiger partial charge in [-0.05, 0) is 43.7 Å². The van der Waals surface area contributed by atoms with Crippen LogP contribution >= 0.6 is 0 Å². The lowest BCUT2D eigenvalue weighted by Gasteiger charge is -2.39. The first-order valence-electron chi connectivity index (χ1n) is 11.3. The summed E-state index contributed by atoms with van der Waals surface area (Å²) in [6, 6.07) is 4.88. The molecule has 178 valence electrons. The van der Waals surface area contributed by atoms with Gasteiger partial charge in [0.25, 0.3) is 11.8 Å². The van der Waals surface area contributed by atoms with Crippen LogP contribution in [0.2, 0.25) is 0 Å². The second-order valence-corrected chi connectivity index (χ2v) is 9.39. The molecule has 3 N–H and O–H groups in total. The van der Waals surface area contributed by atoms with E-state index >= 15 is 0 Å². The molecule has 33 heavy (non-hydrogen) atoms. The molecule has 8 nitrogen and oxygen atoms in total. The number of carbonyl (C=O) groups is 2. The van der Waals surface area contributed by atoms with Gasteiger partial charge < -0.3 is 15.5 Å². The number of H-pyrrole nitrogens is 1. The first kappa shape index (κ1) is 23.1. The summed E-state index contributed by atoms with van der Waals surface area (Å²) < 4.78 is 28.3. The van der Waals surface area contributed by atoms with Crippen LogP contribution in [0.5, 0.6) is 0 Å². The van der Waals surface area contributed by atoms with Gasteiger partial charge >= 0.3 is 0 Å². The molecule has 0 unspecified atom stereocenters. The Kier molecular flexibility index (Phi) is 6.36. The predicted octanol–water partition coefficient (Wildman–Crippen LogP) is 3.75. The minimum Gasteiger partial charge on any atom is -0.354 e. The van der Waals surface area contributed by atoms with Crippen LogP contribution < -0.4 is 10.6 Å². The van der Waals surface area contributed by atoms with E-state index in [1.54, 1.807) is 19.1 Å². The Balaban J connectivity index is 1.51. The number of likely N-dealkylation sites (tertiary alicyclic amines) is 1. The van der Waals surface area contributed by atoms with Crippen LogP contribution in [0.4, 0.5) is 20.4 Å². The van der Waals surface area contributed by atoms with Gasteiger partial charge in [0.05, 0.1) is 6.54 Å². The van der Waals surface area contributed by atoms with E-state index < -0.39 is 24.4 Å². The Morgan fingerprint density at radius 2 is 2.03 bits per heavy atom. The normalized spacial score (nSPS) is 24.2. The summed E-state index contributed by atoms with van der Waals surface area (Å²) in [7, 11) is 0. The molecule has 3 heterocycles. The molecule has 1 saturated heterocycles. The van der Waals surface area contributed by atoms with E-state index in [2.05, 4.69) is 32.7 Å². The number of anilines is 2. The molecule has 1 aliphatic carbocycles. The Morgan fingerprint density at radius 1 is 1.27 bits per heavy atom. The third-order valence-corrected chi connectivity index (χ3v) is 6.50. The zero-order valence-corrected chi connectivity index (χ0v) is 19.1. The van der Waals surface area contributed by atoms with E-state index in [-0.39, 0.29) is 31.0 Å². The lowest BCUT2D eigenvalue weighted by molar-refractivity contribution is -0.119. The number of halogens is 2.